The first kappa shape index (κ1) is 17.7. The predicted molar refractivity (Wildman–Crippen MR) is 125 cm³/mol. The van der Waals surface area contributed by atoms with E-state index < -0.39 is 0 Å². The topological polar surface area (TPSA) is 0 Å². The smallest absolute Gasteiger partial charge is 0.00577 e. The van der Waals surface area contributed by atoms with Gasteiger partial charge < -0.3 is 0 Å². The average molecular weight is 373 g/mol. The minimum Gasteiger partial charge on any atom is -0.0655 e. The average Bonchev–Trinajstić information content (AvgIpc) is 3.23. The van der Waals surface area contributed by atoms with Crippen molar-refractivity contribution in [1.29, 1.82) is 0 Å². The number of benzene rings is 4. The molecule has 0 saturated carbocycles. The summed E-state index contributed by atoms with van der Waals surface area (Å²) >= 11 is 0. The lowest BCUT2D eigenvalue weighted by molar-refractivity contribution is 1.04. The van der Waals surface area contributed by atoms with Gasteiger partial charge in [-0.2, -0.15) is 0 Å². The van der Waals surface area contributed by atoms with Gasteiger partial charge in [0.2, 0.25) is 0 Å². The highest BCUT2D eigenvalue weighted by atomic mass is 14.2. The Morgan fingerprint density at radius 3 is 1.76 bits per heavy atom. The van der Waals surface area contributed by atoms with Crippen LogP contribution in [0.3, 0.4) is 0 Å². The Balaban J connectivity index is 1.72. The number of allylic oxidation sites excluding steroid dienone is 1. The molecule has 0 radical (unpaired) electrons. The van der Waals surface area contributed by atoms with E-state index in [4.69, 9.17) is 0 Å². The molecule has 0 saturated heterocycles. The number of hydrogen-bond donors (Lipinski definition) is 0. The van der Waals surface area contributed by atoms with Gasteiger partial charge in [0, 0.05) is 0 Å². The lowest BCUT2D eigenvalue weighted by Crippen LogP contribution is -1.90. The van der Waals surface area contributed by atoms with E-state index in [1.54, 1.807) is 0 Å². The van der Waals surface area contributed by atoms with Gasteiger partial charge in [0.1, 0.15) is 0 Å². The van der Waals surface area contributed by atoms with Gasteiger partial charge in [0.05, 0.1) is 0 Å². The second kappa shape index (κ2) is 7.56. The molecule has 1 aliphatic rings. The van der Waals surface area contributed by atoms with E-state index in [-0.39, 0.29) is 0 Å². The van der Waals surface area contributed by atoms with Crippen LogP contribution in [0.15, 0.2) is 103 Å². The molecule has 0 aromatic heterocycles. The van der Waals surface area contributed by atoms with Crippen LogP contribution in [0.2, 0.25) is 0 Å². The molecule has 0 spiro atoms. The van der Waals surface area contributed by atoms with Crippen LogP contribution < -0.4 is 0 Å². The predicted octanol–water partition coefficient (Wildman–Crippen LogP) is 8.04. The van der Waals surface area contributed by atoms with Crippen molar-refractivity contribution in [3.05, 3.63) is 114 Å². The fraction of sp³-hybridized carbons (Fsp3) is 0.103. The van der Waals surface area contributed by atoms with E-state index in [0.29, 0.717) is 0 Å². The molecule has 0 amide bonds. The van der Waals surface area contributed by atoms with Crippen molar-refractivity contribution in [2.24, 2.45) is 0 Å². The summed E-state index contributed by atoms with van der Waals surface area (Å²) in [5, 5.41) is 0. The van der Waals surface area contributed by atoms with Gasteiger partial charge in [-0.25, -0.2) is 0 Å². The molecule has 29 heavy (non-hydrogen) atoms. The van der Waals surface area contributed by atoms with Crippen LogP contribution in [0.4, 0.5) is 0 Å². The monoisotopic (exact) mass is 372 g/mol. The van der Waals surface area contributed by atoms with Crippen molar-refractivity contribution in [2.75, 3.05) is 0 Å². The molecule has 0 heteroatoms. The van der Waals surface area contributed by atoms with Crippen molar-refractivity contribution in [1.82, 2.24) is 0 Å². The second-order valence-electron chi connectivity index (χ2n) is 7.74. The van der Waals surface area contributed by atoms with Gasteiger partial charge in [0.15, 0.2) is 0 Å². The third kappa shape index (κ3) is 3.43. The second-order valence-corrected chi connectivity index (χ2v) is 7.74. The van der Waals surface area contributed by atoms with Crippen LogP contribution in [0.1, 0.15) is 24.5 Å². The molecule has 0 unspecified atom stereocenters. The summed E-state index contributed by atoms with van der Waals surface area (Å²) in [4.78, 5) is 0. The fourth-order valence-electron chi connectivity index (χ4n) is 4.29. The van der Waals surface area contributed by atoms with Crippen LogP contribution in [-0.4, -0.2) is 0 Å². The Morgan fingerprint density at radius 1 is 0.586 bits per heavy atom. The van der Waals surface area contributed by atoms with Crippen LogP contribution in [-0.2, 0) is 6.42 Å². The van der Waals surface area contributed by atoms with E-state index in [1.165, 1.54) is 50.1 Å². The Labute approximate surface area is 173 Å². The van der Waals surface area contributed by atoms with Crippen LogP contribution in [0.5, 0.6) is 0 Å². The molecule has 0 atom stereocenters. The summed E-state index contributed by atoms with van der Waals surface area (Å²) < 4.78 is 0. The quantitative estimate of drug-likeness (QED) is 0.340. The van der Waals surface area contributed by atoms with Crippen LogP contribution in [0, 0.1) is 0 Å². The SMILES string of the molecule is CCC1=Cc2c(cccc2-c2cc(-c3ccccc3)cc(-c3ccccc3)c2)C1. The van der Waals surface area contributed by atoms with Crippen molar-refractivity contribution in [3.8, 4) is 33.4 Å². The molecular weight excluding hydrogens is 348 g/mol. The Hall–Kier alpha value is -3.38. The maximum Gasteiger partial charge on any atom is -0.00577 e. The zero-order valence-corrected chi connectivity index (χ0v) is 16.7. The summed E-state index contributed by atoms with van der Waals surface area (Å²) in [6.07, 6.45) is 4.61. The standard InChI is InChI=1S/C29H24/c1-2-21-16-24-14-9-15-28(29(24)17-21)27-19-25(22-10-5-3-6-11-22)18-26(20-27)23-12-7-4-8-13-23/h3-15,17-20H,2,16H2,1H3. The zero-order chi connectivity index (χ0) is 19.6. The van der Waals surface area contributed by atoms with Crippen LogP contribution >= 0.6 is 0 Å². The third-order valence-corrected chi connectivity index (χ3v) is 5.87. The molecule has 0 N–H and O–H groups in total. The highest BCUT2D eigenvalue weighted by Crippen LogP contribution is 2.38. The molecule has 1 aliphatic carbocycles. The molecule has 4 aromatic rings. The molecular formula is C29H24. The Bertz CT molecular complexity index is 1120. The molecule has 5 rings (SSSR count). The third-order valence-electron chi connectivity index (χ3n) is 5.87. The first-order valence-corrected chi connectivity index (χ1v) is 10.4. The lowest BCUT2D eigenvalue weighted by Gasteiger charge is -2.13. The number of fused-ring (bicyclic) bond motifs is 1. The summed E-state index contributed by atoms with van der Waals surface area (Å²) in [5.41, 5.74) is 12.0. The van der Waals surface area contributed by atoms with Gasteiger partial charge in [0.25, 0.3) is 0 Å². The van der Waals surface area contributed by atoms with Gasteiger partial charge in [-0.3, -0.25) is 0 Å². The zero-order valence-electron chi connectivity index (χ0n) is 16.7. The Morgan fingerprint density at radius 2 is 1.17 bits per heavy atom. The van der Waals surface area contributed by atoms with E-state index in [9.17, 15) is 0 Å². The van der Waals surface area contributed by atoms with Crippen molar-refractivity contribution in [2.45, 2.75) is 19.8 Å². The first-order valence-electron chi connectivity index (χ1n) is 10.4. The van der Waals surface area contributed by atoms with E-state index >= 15 is 0 Å². The summed E-state index contributed by atoms with van der Waals surface area (Å²) in [7, 11) is 0. The fourth-order valence-corrected chi connectivity index (χ4v) is 4.29. The number of hydrogen-bond acceptors (Lipinski definition) is 0. The van der Waals surface area contributed by atoms with Gasteiger partial charge in [-0.1, -0.05) is 97.4 Å². The largest absolute Gasteiger partial charge is 0.0655 e. The van der Waals surface area contributed by atoms with E-state index in [2.05, 4.69) is 110 Å². The van der Waals surface area contributed by atoms with E-state index in [0.717, 1.165) is 12.8 Å². The van der Waals surface area contributed by atoms with Crippen molar-refractivity contribution in [3.63, 3.8) is 0 Å². The molecule has 0 nitrogen and oxygen atoms in total. The lowest BCUT2D eigenvalue weighted by atomic mass is 9.91. The van der Waals surface area contributed by atoms with Gasteiger partial charge in [-0.15, -0.1) is 0 Å². The Kier molecular flexibility index (Phi) is 4.62. The minimum atomic E-state index is 1.09. The van der Waals surface area contributed by atoms with Gasteiger partial charge >= 0.3 is 0 Å². The molecule has 140 valence electrons. The van der Waals surface area contributed by atoms with Crippen LogP contribution in [0.25, 0.3) is 39.5 Å². The molecule has 0 fully saturated rings. The minimum absolute atomic E-state index is 1.09. The number of rotatable bonds is 4. The van der Waals surface area contributed by atoms with Crippen molar-refractivity contribution >= 4 is 6.08 Å². The maximum atomic E-state index is 2.40. The maximum absolute atomic E-state index is 2.40. The first-order chi connectivity index (χ1) is 14.3. The molecule has 4 aromatic carbocycles. The van der Waals surface area contributed by atoms with Crippen molar-refractivity contribution < 1.29 is 0 Å². The highest BCUT2D eigenvalue weighted by molar-refractivity contribution is 5.86. The summed E-state index contributed by atoms with van der Waals surface area (Å²) in [6, 6.07) is 35.1. The highest BCUT2D eigenvalue weighted by Gasteiger charge is 2.16. The molecule has 0 aliphatic heterocycles. The molecule has 0 heterocycles. The summed E-state index contributed by atoms with van der Waals surface area (Å²) in [5.74, 6) is 0. The normalized spacial score (nSPS) is 12.5. The van der Waals surface area contributed by atoms with E-state index in [1.807, 2.05) is 0 Å². The molecule has 0 bridgehead atoms. The van der Waals surface area contributed by atoms with Gasteiger partial charge in [-0.05, 0) is 75.5 Å². The summed E-state index contributed by atoms with van der Waals surface area (Å²) in [6.45, 7) is 2.25.